The van der Waals surface area contributed by atoms with Crippen LogP contribution in [0.5, 0.6) is 5.75 Å². The van der Waals surface area contributed by atoms with Crippen molar-refractivity contribution < 1.29 is 9.94 Å². The van der Waals surface area contributed by atoms with Crippen molar-refractivity contribution in [3.05, 3.63) is 65.7 Å². The predicted molar refractivity (Wildman–Crippen MR) is 79.2 cm³/mol. The second-order valence-corrected chi connectivity index (χ2v) is 4.45. The van der Waals surface area contributed by atoms with E-state index >= 15 is 0 Å². The van der Waals surface area contributed by atoms with Crippen LogP contribution < -0.4 is 10.5 Å². The van der Waals surface area contributed by atoms with Gasteiger partial charge in [-0.25, -0.2) is 0 Å². The van der Waals surface area contributed by atoms with E-state index in [9.17, 15) is 0 Å². The fourth-order valence-corrected chi connectivity index (χ4v) is 1.89. The maximum Gasteiger partial charge on any atom is 0.170 e. The molecule has 0 aliphatic carbocycles. The van der Waals surface area contributed by atoms with Gasteiger partial charge in [-0.1, -0.05) is 35.5 Å². The van der Waals surface area contributed by atoms with E-state index in [0.717, 1.165) is 18.6 Å². The summed E-state index contributed by atoms with van der Waals surface area (Å²) in [5.41, 5.74) is 7.48. The summed E-state index contributed by atoms with van der Waals surface area (Å²) in [6, 6.07) is 17.5. The van der Waals surface area contributed by atoms with E-state index in [0.29, 0.717) is 12.2 Å². The molecular formula is C16H18N2O2. The zero-order chi connectivity index (χ0) is 14.2. The first-order valence-corrected chi connectivity index (χ1v) is 6.54. The number of oxime groups is 1. The van der Waals surface area contributed by atoms with Gasteiger partial charge < -0.3 is 15.7 Å². The zero-order valence-electron chi connectivity index (χ0n) is 11.2. The Labute approximate surface area is 118 Å². The van der Waals surface area contributed by atoms with Crippen LogP contribution in [0, 0.1) is 0 Å². The Hall–Kier alpha value is -2.49. The summed E-state index contributed by atoms with van der Waals surface area (Å²) < 4.78 is 5.65. The average Bonchev–Trinajstić information content (AvgIpc) is 2.52. The number of amidine groups is 1. The maximum absolute atomic E-state index is 8.57. The van der Waals surface area contributed by atoms with Crippen molar-refractivity contribution in [2.75, 3.05) is 6.61 Å². The summed E-state index contributed by atoms with van der Waals surface area (Å²) in [4.78, 5) is 0. The van der Waals surface area contributed by atoms with Crippen LogP contribution in [-0.2, 0) is 6.42 Å². The van der Waals surface area contributed by atoms with Gasteiger partial charge in [0, 0.05) is 5.56 Å². The third kappa shape index (κ3) is 4.02. The van der Waals surface area contributed by atoms with Crippen molar-refractivity contribution in [1.29, 1.82) is 0 Å². The number of nitrogens with zero attached hydrogens (tertiary/aromatic N) is 1. The minimum Gasteiger partial charge on any atom is -0.494 e. The first kappa shape index (κ1) is 13.9. The minimum absolute atomic E-state index is 0.0978. The van der Waals surface area contributed by atoms with Gasteiger partial charge in [0.2, 0.25) is 0 Å². The molecule has 2 aromatic rings. The molecule has 0 bridgehead atoms. The van der Waals surface area contributed by atoms with Crippen LogP contribution in [0.3, 0.4) is 0 Å². The Bertz CT molecular complexity index is 550. The van der Waals surface area contributed by atoms with E-state index in [-0.39, 0.29) is 5.84 Å². The fourth-order valence-electron chi connectivity index (χ4n) is 1.89. The Kier molecular flexibility index (Phi) is 5.00. The van der Waals surface area contributed by atoms with Gasteiger partial charge in [0.1, 0.15) is 5.75 Å². The molecule has 0 atom stereocenters. The molecular weight excluding hydrogens is 252 g/mol. The number of hydrogen-bond donors (Lipinski definition) is 2. The maximum atomic E-state index is 8.57. The molecule has 2 aromatic carbocycles. The van der Waals surface area contributed by atoms with Crippen molar-refractivity contribution in [3.8, 4) is 5.75 Å². The molecule has 0 heterocycles. The molecule has 0 amide bonds. The molecule has 0 aromatic heterocycles. The molecule has 0 saturated carbocycles. The highest BCUT2D eigenvalue weighted by atomic mass is 16.5. The monoisotopic (exact) mass is 270 g/mol. The van der Waals surface area contributed by atoms with E-state index in [1.54, 1.807) is 12.1 Å². The topological polar surface area (TPSA) is 67.8 Å². The van der Waals surface area contributed by atoms with E-state index in [2.05, 4.69) is 17.3 Å². The summed E-state index contributed by atoms with van der Waals surface area (Å²) in [7, 11) is 0. The lowest BCUT2D eigenvalue weighted by molar-refractivity contribution is 0.311. The third-order valence-electron chi connectivity index (χ3n) is 2.98. The second kappa shape index (κ2) is 7.19. The number of rotatable bonds is 6. The van der Waals surface area contributed by atoms with E-state index in [4.69, 9.17) is 15.7 Å². The number of benzene rings is 2. The van der Waals surface area contributed by atoms with Crippen LogP contribution in [-0.4, -0.2) is 17.6 Å². The van der Waals surface area contributed by atoms with Crippen LogP contribution in [0.4, 0.5) is 0 Å². The number of hydrogen-bond acceptors (Lipinski definition) is 3. The molecule has 0 unspecified atom stereocenters. The van der Waals surface area contributed by atoms with Gasteiger partial charge >= 0.3 is 0 Å². The average molecular weight is 270 g/mol. The summed E-state index contributed by atoms with van der Waals surface area (Å²) >= 11 is 0. The third-order valence-corrected chi connectivity index (χ3v) is 2.98. The van der Waals surface area contributed by atoms with Crippen molar-refractivity contribution in [3.63, 3.8) is 0 Å². The lowest BCUT2D eigenvalue weighted by Crippen LogP contribution is -2.12. The van der Waals surface area contributed by atoms with Crippen LogP contribution >= 0.6 is 0 Å². The van der Waals surface area contributed by atoms with Crippen molar-refractivity contribution in [2.24, 2.45) is 10.9 Å². The normalized spacial score (nSPS) is 11.3. The van der Waals surface area contributed by atoms with E-state index in [1.807, 2.05) is 30.3 Å². The van der Waals surface area contributed by atoms with Crippen LogP contribution in [0.1, 0.15) is 17.5 Å². The van der Waals surface area contributed by atoms with E-state index < -0.39 is 0 Å². The molecule has 0 spiro atoms. The molecule has 0 fully saturated rings. The number of aryl methyl sites for hydroxylation is 1. The van der Waals surface area contributed by atoms with Gasteiger partial charge in [0.25, 0.3) is 0 Å². The molecule has 4 heteroatoms. The summed E-state index contributed by atoms with van der Waals surface area (Å²) in [5.74, 6) is 0.883. The smallest absolute Gasteiger partial charge is 0.170 e. The molecule has 20 heavy (non-hydrogen) atoms. The van der Waals surface area contributed by atoms with Crippen LogP contribution in [0.2, 0.25) is 0 Å². The second-order valence-electron chi connectivity index (χ2n) is 4.45. The van der Waals surface area contributed by atoms with Gasteiger partial charge in [0.05, 0.1) is 6.61 Å². The van der Waals surface area contributed by atoms with Crippen LogP contribution in [0.15, 0.2) is 59.8 Å². The number of ether oxygens (including phenoxy) is 1. The largest absolute Gasteiger partial charge is 0.494 e. The Morgan fingerprint density at radius 2 is 1.75 bits per heavy atom. The van der Waals surface area contributed by atoms with Crippen molar-refractivity contribution >= 4 is 5.84 Å². The first-order chi connectivity index (χ1) is 9.79. The van der Waals surface area contributed by atoms with Crippen molar-refractivity contribution in [1.82, 2.24) is 0 Å². The molecule has 0 radical (unpaired) electrons. The van der Waals surface area contributed by atoms with Gasteiger partial charge in [-0.3, -0.25) is 0 Å². The van der Waals surface area contributed by atoms with Gasteiger partial charge in [-0.2, -0.15) is 0 Å². The zero-order valence-corrected chi connectivity index (χ0v) is 11.2. The Morgan fingerprint density at radius 3 is 2.40 bits per heavy atom. The summed E-state index contributed by atoms with van der Waals surface area (Å²) in [6.07, 6.45) is 1.97. The standard InChI is InChI=1S/C16H18N2O2/c17-16(18-19)14-8-10-15(11-9-14)20-12-4-7-13-5-2-1-3-6-13/h1-3,5-6,8-11,19H,4,7,12H2,(H2,17,18). The van der Waals surface area contributed by atoms with E-state index in [1.165, 1.54) is 5.56 Å². The highest BCUT2D eigenvalue weighted by Gasteiger charge is 2.00. The molecule has 104 valence electrons. The van der Waals surface area contributed by atoms with Gasteiger partial charge in [-0.05, 0) is 42.7 Å². The lowest BCUT2D eigenvalue weighted by Gasteiger charge is -2.07. The molecule has 3 N–H and O–H groups in total. The summed E-state index contributed by atoms with van der Waals surface area (Å²) in [6.45, 7) is 0.664. The molecule has 0 saturated heterocycles. The minimum atomic E-state index is 0.0978. The van der Waals surface area contributed by atoms with Gasteiger partial charge in [-0.15, -0.1) is 0 Å². The lowest BCUT2D eigenvalue weighted by atomic mass is 10.1. The first-order valence-electron chi connectivity index (χ1n) is 6.54. The highest BCUT2D eigenvalue weighted by Crippen LogP contribution is 2.13. The molecule has 2 rings (SSSR count). The molecule has 0 aliphatic rings. The summed E-state index contributed by atoms with van der Waals surface area (Å²) in [5, 5.41) is 11.5. The Balaban J connectivity index is 1.77. The van der Waals surface area contributed by atoms with Gasteiger partial charge in [0.15, 0.2) is 5.84 Å². The molecule has 4 nitrogen and oxygen atoms in total. The van der Waals surface area contributed by atoms with Crippen molar-refractivity contribution in [2.45, 2.75) is 12.8 Å². The fraction of sp³-hybridized carbons (Fsp3) is 0.188. The molecule has 0 aliphatic heterocycles. The van der Waals surface area contributed by atoms with Crippen LogP contribution in [0.25, 0.3) is 0 Å². The predicted octanol–water partition coefficient (Wildman–Crippen LogP) is 2.79. The Morgan fingerprint density at radius 1 is 1.05 bits per heavy atom. The highest BCUT2D eigenvalue weighted by molar-refractivity contribution is 5.97. The SMILES string of the molecule is NC(=NO)c1ccc(OCCCc2ccccc2)cc1. The quantitative estimate of drug-likeness (QED) is 0.279. The number of nitrogens with two attached hydrogens (primary N) is 1.